The summed E-state index contributed by atoms with van der Waals surface area (Å²) in [6.07, 6.45) is 0. The van der Waals surface area contributed by atoms with Gasteiger partial charge in [0.15, 0.2) is 0 Å². The predicted molar refractivity (Wildman–Crippen MR) is 81.6 cm³/mol. The average molecular weight is 311 g/mol. The second kappa shape index (κ2) is 6.39. The van der Waals surface area contributed by atoms with Gasteiger partial charge in [-0.05, 0) is 36.8 Å². The Hall–Kier alpha value is -3.02. The largest absolute Gasteiger partial charge is 0.455 e. The topological polar surface area (TPSA) is 57.0 Å². The van der Waals surface area contributed by atoms with Gasteiger partial charge in [0.1, 0.15) is 18.2 Å². The monoisotopic (exact) mass is 311 g/mol. The molecule has 5 nitrogen and oxygen atoms in total. The third-order valence-corrected chi connectivity index (χ3v) is 3.24. The highest BCUT2D eigenvalue weighted by molar-refractivity contribution is 5.85. The minimum absolute atomic E-state index is 0.0252. The Morgan fingerprint density at radius 2 is 1.83 bits per heavy atom. The Bertz CT molecular complexity index is 814. The highest BCUT2D eigenvalue weighted by Gasteiger charge is 2.16. The van der Waals surface area contributed by atoms with Crippen molar-refractivity contribution in [2.24, 2.45) is 0 Å². The molecule has 0 N–H and O–H groups in total. The van der Waals surface area contributed by atoms with Crippen LogP contribution in [-0.4, -0.2) is 20.7 Å². The van der Waals surface area contributed by atoms with Gasteiger partial charge in [0.05, 0.1) is 5.69 Å². The third kappa shape index (κ3) is 3.42. The summed E-state index contributed by atoms with van der Waals surface area (Å²) in [5.74, 6) is -0.446. The summed E-state index contributed by atoms with van der Waals surface area (Å²) in [7, 11) is 0. The summed E-state index contributed by atoms with van der Waals surface area (Å²) in [5, 5.41) is 4.13. The number of carbonyl (C=O) groups excluding carboxylic acids is 1. The maximum absolute atomic E-state index is 13.0. The molecule has 0 atom stereocenters. The molecule has 116 valence electrons. The zero-order valence-electron chi connectivity index (χ0n) is 12.4. The minimum Gasteiger partial charge on any atom is -0.455 e. The molecular weight excluding hydrogens is 297 g/mol. The lowest BCUT2D eigenvalue weighted by Gasteiger charge is -2.02. The second-order valence-electron chi connectivity index (χ2n) is 4.93. The van der Waals surface area contributed by atoms with Gasteiger partial charge < -0.3 is 4.74 Å². The van der Waals surface area contributed by atoms with Crippen LogP contribution in [-0.2, 0) is 11.3 Å². The van der Waals surface area contributed by atoms with Crippen LogP contribution in [0.4, 0.5) is 4.39 Å². The van der Waals surface area contributed by atoms with Crippen LogP contribution in [0.5, 0.6) is 0 Å². The normalized spacial score (nSPS) is 10.5. The Morgan fingerprint density at radius 1 is 1.13 bits per heavy atom. The number of esters is 1. The van der Waals surface area contributed by atoms with Gasteiger partial charge in [-0.25, -0.2) is 18.9 Å². The standard InChI is InChI=1S/C17H14FN3O2/c1-12-19-16(17(22)23-11-13-5-3-2-4-6-13)20-21(12)15-9-7-14(18)8-10-15/h2-10H,11H2,1H3. The summed E-state index contributed by atoms with van der Waals surface area (Å²) in [5.41, 5.74) is 1.51. The zero-order chi connectivity index (χ0) is 16.2. The molecule has 0 fully saturated rings. The molecule has 3 aromatic rings. The lowest BCUT2D eigenvalue weighted by atomic mass is 10.2. The number of aromatic nitrogens is 3. The van der Waals surface area contributed by atoms with Crippen LogP contribution in [0.2, 0.25) is 0 Å². The molecule has 0 bridgehead atoms. The van der Waals surface area contributed by atoms with Crippen LogP contribution in [0.15, 0.2) is 54.6 Å². The van der Waals surface area contributed by atoms with E-state index in [1.165, 1.54) is 16.8 Å². The van der Waals surface area contributed by atoms with E-state index in [0.29, 0.717) is 11.5 Å². The fraction of sp³-hybridized carbons (Fsp3) is 0.118. The minimum atomic E-state index is -0.599. The molecule has 23 heavy (non-hydrogen) atoms. The van der Waals surface area contributed by atoms with E-state index in [1.54, 1.807) is 19.1 Å². The number of hydrogen-bond donors (Lipinski definition) is 0. The van der Waals surface area contributed by atoms with Crippen LogP contribution >= 0.6 is 0 Å². The van der Waals surface area contributed by atoms with Gasteiger partial charge in [-0.1, -0.05) is 30.3 Å². The van der Waals surface area contributed by atoms with E-state index in [0.717, 1.165) is 5.56 Å². The first-order valence-corrected chi connectivity index (χ1v) is 7.04. The summed E-state index contributed by atoms with van der Waals surface area (Å²) in [6, 6.07) is 15.1. The van der Waals surface area contributed by atoms with Crippen LogP contribution in [0.25, 0.3) is 5.69 Å². The van der Waals surface area contributed by atoms with E-state index in [1.807, 2.05) is 30.3 Å². The Labute approximate surface area is 132 Å². The Morgan fingerprint density at radius 3 is 2.52 bits per heavy atom. The first kappa shape index (κ1) is 14.9. The lowest BCUT2D eigenvalue weighted by Crippen LogP contribution is -2.08. The molecule has 3 rings (SSSR count). The number of carbonyl (C=O) groups is 1. The molecule has 0 aliphatic carbocycles. The van der Waals surface area contributed by atoms with E-state index >= 15 is 0 Å². The molecule has 0 saturated heterocycles. The molecule has 0 spiro atoms. The van der Waals surface area contributed by atoms with Gasteiger partial charge in [-0.15, -0.1) is 5.10 Å². The van der Waals surface area contributed by atoms with Gasteiger partial charge in [0.2, 0.25) is 0 Å². The van der Waals surface area contributed by atoms with Gasteiger partial charge in [-0.3, -0.25) is 0 Å². The van der Waals surface area contributed by atoms with E-state index in [9.17, 15) is 9.18 Å². The van der Waals surface area contributed by atoms with Crippen molar-refractivity contribution in [2.45, 2.75) is 13.5 Å². The van der Waals surface area contributed by atoms with Crippen molar-refractivity contribution < 1.29 is 13.9 Å². The smallest absolute Gasteiger partial charge is 0.378 e. The first-order chi connectivity index (χ1) is 11.1. The number of rotatable bonds is 4. The number of hydrogen-bond acceptors (Lipinski definition) is 4. The molecule has 0 unspecified atom stereocenters. The van der Waals surface area contributed by atoms with Gasteiger partial charge in [0, 0.05) is 0 Å². The van der Waals surface area contributed by atoms with Crippen molar-refractivity contribution in [3.63, 3.8) is 0 Å². The number of benzene rings is 2. The molecule has 0 amide bonds. The summed E-state index contributed by atoms with van der Waals surface area (Å²) in [6.45, 7) is 1.87. The van der Waals surface area contributed by atoms with E-state index < -0.39 is 5.97 Å². The van der Waals surface area contributed by atoms with Gasteiger partial charge in [0.25, 0.3) is 5.82 Å². The van der Waals surface area contributed by atoms with E-state index in [2.05, 4.69) is 10.1 Å². The Kier molecular flexibility index (Phi) is 4.14. The molecule has 0 aliphatic rings. The molecule has 1 heterocycles. The summed E-state index contributed by atoms with van der Waals surface area (Å²) in [4.78, 5) is 16.2. The average Bonchev–Trinajstić information content (AvgIpc) is 2.96. The fourth-order valence-corrected chi connectivity index (χ4v) is 2.09. The Balaban J connectivity index is 1.75. The number of halogens is 1. The van der Waals surface area contributed by atoms with Crippen LogP contribution < -0.4 is 0 Å². The van der Waals surface area contributed by atoms with E-state index in [4.69, 9.17) is 4.74 Å². The molecule has 1 aromatic heterocycles. The van der Waals surface area contributed by atoms with Gasteiger partial charge >= 0.3 is 5.97 Å². The molecule has 0 aliphatic heterocycles. The van der Waals surface area contributed by atoms with Crippen molar-refractivity contribution in [2.75, 3.05) is 0 Å². The quantitative estimate of drug-likeness (QED) is 0.695. The second-order valence-corrected chi connectivity index (χ2v) is 4.93. The first-order valence-electron chi connectivity index (χ1n) is 7.04. The molecule has 6 heteroatoms. The van der Waals surface area contributed by atoms with Crippen molar-refractivity contribution in [3.8, 4) is 5.69 Å². The molecule has 2 aromatic carbocycles. The predicted octanol–water partition coefficient (Wildman–Crippen LogP) is 3.07. The SMILES string of the molecule is Cc1nc(C(=O)OCc2ccccc2)nn1-c1ccc(F)cc1. The lowest BCUT2D eigenvalue weighted by molar-refractivity contribution is 0.0458. The van der Waals surface area contributed by atoms with Crippen molar-refractivity contribution >= 4 is 5.97 Å². The molecule has 0 radical (unpaired) electrons. The third-order valence-electron chi connectivity index (χ3n) is 3.24. The summed E-state index contributed by atoms with van der Waals surface area (Å²) >= 11 is 0. The van der Waals surface area contributed by atoms with E-state index in [-0.39, 0.29) is 18.2 Å². The van der Waals surface area contributed by atoms with Crippen molar-refractivity contribution in [1.29, 1.82) is 0 Å². The van der Waals surface area contributed by atoms with Crippen molar-refractivity contribution in [1.82, 2.24) is 14.8 Å². The number of nitrogens with zero attached hydrogens (tertiary/aromatic N) is 3. The van der Waals surface area contributed by atoms with Gasteiger partial charge in [-0.2, -0.15) is 0 Å². The maximum Gasteiger partial charge on any atom is 0.378 e. The summed E-state index contributed by atoms with van der Waals surface area (Å²) < 4.78 is 19.6. The highest BCUT2D eigenvalue weighted by Crippen LogP contribution is 2.11. The van der Waals surface area contributed by atoms with Crippen LogP contribution in [0.3, 0.4) is 0 Å². The molecular formula is C17H14FN3O2. The van der Waals surface area contributed by atoms with Crippen LogP contribution in [0.1, 0.15) is 22.0 Å². The highest BCUT2D eigenvalue weighted by atomic mass is 19.1. The number of ether oxygens (including phenoxy) is 1. The molecule has 0 saturated carbocycles. The number of aryl methyl sites for hydroxylation is 1. The van der Waals surface area contributed by atoms with Crippen molar-refractivity contribution in [3.05, 3.63) is 77.6 Å². The van der Waals surface area contributed by atoms with Crippen LogP contribution in [0, 0.1) is 12.7 Å². The maximum atomic E-state index is 13.0. The fourth-order valence-electron chi connectivity index (χ4n) is 2.09. The zero-order valence-corrected chi connectivity index (χ0v) is 12.4.